The van der Waals surface area contributed by atoms with Crippen molar-refractivity contribution in [1.82, 2.24) is 0 Å². The lowest BCUT2D eigenvalue weighted by Crippen LogP contribution is -2.29. The van der Waals surface area contributed by atoms with Gasteiger partial charge in [0, 0.05) is 26.7 Å². The fraction of sp³-hybridized carbons (Fsp3) is 0.0714. The van der Waals surface area contributed by atoms with Crippen LogP contribution in [-0.4, -0.2) is 26.4 Å². The van der Waals surface area contributed by atoms with Crippen molar-refractivity contribution >= 4 is 56.3 Å². The van der Waals surface area contributed by atoms with Crippen molar-refractivity contribution < 1.29 is 18.0 Å². The molecule has 0 spiro atoms. The molecule has 4 aromatic carbocycles. The molecule has 0 aliphatic heterocycles. The molecule has 37 heavy (non-hydrogen) atoms. The number of amides is 1. The molecule has 0 bridgehead atoms. The number of ketones is 1. The summed E-state index contributed by atoms with van der Waals surface area (Å²) in [4.78, 5) is 26.0. The Morgan fingerprint density at radius 2 is 1.46 bits per heavy atom. The highest BCUT2D eigenvalue weighted by atomic mass is 35.5. The number of halogens is 2. The smallest absolute Gasteiger partial charge is 0.255 e. The average Bonchev–Trinajstić information content (AvgIpc) is 2.88. The number of sulfonamides is 1. The van der Waals surface area contributed by atoms with Crippen LogP contribution >= 0.6 is 23.2 Å². The maximum absolute atomic E-state index is 13.0. The first-order chi connectivity index (χ1) is 17.6. The Morgan fingerprint density at radius 3 is 2.11 bits per heavy atom. The second kappa shape index (κ2) is 11.2. The number of anilines is 2. The number of hydrogen-bond donors (Lipinski definition) is 1. The van der Waals surface area contributed by atoms with Crippen LogP contribution in [0.1, 0.15) is 31.8 Å². The molecule has 9 heteroatoms. The standard InChI is InChI=1S/C28H22Cl2N2O4S/c1-37(35,36)32(24-9-5-8-22(29)16-24)18-19-10-12-21(13-11-19)28(34)31-26-15-14-23(30)17-25(26)27(33)20-6-3-2-4-7-20/h2-17H,18H2,1H3,(H,31,34). The molecule has 0 aliphatic rings. The summed E-state index contributed by atoms with van der Waals surface area (Å²) in [7, 11) is -3.59. The van der Waals surface area contributed by atoms with Crippen LogP contribution in [0.25, 0.3) is 0 Å². The predicted octanol–water partition coefficient (Wildman–Crippen LogP) is 6.44. The van der Waals surface area contributed by atoms with E-state index in [2.05, 4.69) is 5.32 Å². The first-order valence-corrected chi connectivity index (χ1v) is 13.7. The van der Waals surface area contributed by atoms with E-state index in [1.54, 1.807) is 84.9 Å². The topological polar surface area (TPSA) is 83.6 Å². The van der Waals surface area contributed by atoms with Crippen molar-refractivity contribution in [2.45, 2.75) is 6.54 Å². The van der Waals surface area contributed by atoms with Crippen LogP contribution in [0.5, 0.6) is 0 Å². The van der Waals surface area contributed by atoms with Crippen molar-refractivity contribution in [3.63, 3.8) is 0 Å². The van der Waals surface area contributed by atoms with Crippen LogP contribution in [0, 0.1) is 0 Å². The van der Waals surface area contributed by atoms with Gasteiger partial charge in [0.25, 0.3) is 5.91 Å². The molecular formula is C28H22Cl2N2O4S. The van der Waals surface area contributed by atoms with Crippen molar-refractivity contribution in [3.8, 4) is 0 Å². The molecule has 0 fully saturated rings. The van der Waals surface area contributed by atoms with Gasteiger partial charge in [-0.15, -0.1) is 0 Å². The van der Waals surface area contributed by atoms with Gasteiger partial charge in [-0.2, -0.15) is 0 Å². The molecule has 0 saturated carbocycles. The number of nitrogens with zero attached hydrogens (tertiary/aromatic N) is 1. The Labute approximate surface area is 225 Å². The SMILES string of the molecule is CS(=O)(=O)N(Cc1ccc(C(=O)Nc2ccc(Cl)cc2C(=O)c2ccccc2)cc1)c1cccc(Cl)c1. The van der Waals surface area contributed by atoms with Gasteiger partial charge in [0.15, 0.2) is 5.78 Å². The van der Waals surface area contributed by atoms with Gasteiger partial charge in [0.1, 0.15) is 0 Å². The van der Waals surface area contributed by atoms with Gasteiger partial charge in [-0.3, -0.25) is 13.9 Å². The average molecular weight is 553 g/mol. The van der Waals surface area contributed by atoms with E-state index in [1.165, 1.54) is 10.4 Å². The van der Waals surface area contributed by atoms with Crippen LogP contribution in [0.15, 0.2) is 97.1 Å². The minimum Gasteiger partial charge on any atom is -0.321 e. The lowest BCUT2D eigenvalue weighted by molar-refractivity contribution is 0.102. The molecule has 6 nitrogen and oxygen atoms in total. The summed E-state index contributed by atoms with van der Waals surface area (Å²) >= 11 is 12.2. The Balaban J connectivity index is 1.54. The zero-order valence-electron chi connectivity index (χ0n) is 19.7. The number of hydrogen-bond acceptors (Lipinski definition) is 4. The maximum Gasteiger partial charge on any atom is 0.255 e. The third-order valence-corrected chi connectivity index (χ3v) is 7.16. The zero-order valence-corrected chi connectivity index (χ0v) is 22.0. The van der Waals surface area contributed by atoms with Gasteiger partial charge < -0.3 is 5.32 Å². The van der Waals surface area contributed by atoms with Crippen LogP contribution in [0.2, 0.25) is 10.0 Å². The summed E-state index contributed by atoms with van der Waals surface area (Å²) in [6.45, 7) is 0.0635. The van der Waals surface area contributed by atoms with Crippen molar-refractivity contribution in [1.29, 1.82) is 0 Å². The fourth-order valence-corrected chi connectivity index (χ4v) is 4.95. The Morgan fingerprint density at radius 1 is 0.784 bits per heavy atom. The van der Waals surface area contributed by atoms with Gasteiger partial charge in [-0.25, -0.2) is 8.42 Å². The van der Waals surface area contributed by atoms with Gasteiger partial charge in [-0.05, 0) is 54.1 Å². The first kappa shape index (κ1) is 26.4. The molecule has 0 unspecified atom stereocenters. The highest BCUT2D eigenvalue weighted by molar-refractivity contribution is 7.92. The van der Waals surface area contributed by atoms with E-state index in [9.17, 15) is 18.0 Å². The van der Waals surface area contributed by atoms with E-state index in [1.807, 2.05) is 6.07 Å². The molecule has 0 heterocycles. The molecule has 0 aliphatic carbocycles. The van der Waals surface area contributed by atoms with Crippen molar-refractivity contribution in [2.75, 3.05) is 15.9 Å². The summed E-state index contributed by atoms with van der Waals surface area (Å²) in [6.07, 6.45) is 1.12. The number of nitrogens with one attached hydrogen (secondary N) is 1. The molecular weight excluding hydrogens is 531 g/mol. The van der Waals surface area contributed by atoms with Crippen molar-refractivity contribution in [3.05, 3.63) is 129 Å². The number of carbonyl (C=O) groups is 2. The highest BCUT2D eigenvalue weighted by Crippen LogP contribution is 2.26. The number of carbonyl (C=O) groups excluding carboxylic acids is 2. The van der Waals surface area contributed by atoms with E-state index in [0.29, 0.717) is 38.1 Å². The minimum absolute atomic E-state index is 0.0635. The van der Waals surface area contributed by atoms with Gasteiger partial charge in [0.2, 0.25) is 10.0 Å². The molecule has 0 radical (unpaired) electrons. The summed E-state index contributed by atoms with van der Waals surface area (Å²) in [5, 5.41) is 3.58. The summed E-state index contributed by atoms with van der Waals surface area (Å²) in [6, 6.07) is 26.5. The molecule has 1 N–H and O–H groups in total. The molecule has 0 atom stereocenters. The molecule has 188 valence electrons. The fourth-order valence-electron chi connectivity index (χ4n) is 3.71. The monoisotopic (exact) mass is 552 g/mol. The molecule has 0 saturated heterocycles. The maximum atomic E-state index is 13.0. The molecule has 4 rings (SSSR count). The largest absolute Gasteiger partial charge is 0.321 e. The Hall–Kier alpha value is -3.65. The number of benzene rings is 4. The second-order valence-electron chi connectivity index (χ2n) is 8.29. The van der Waals surface area contributed by atoms with Crippen LogP contribution < -0.4 is 9.62 Å². The molecule has 4 aromatic rings. The van der Waals surface area contributed by atoms with Gasteiger partial charge >= 0.3 is 0 Å². The Bertz CT molecular complexity index is 1560. The Kier molecular flexibility index (Phi) is 7.97. The van der Waals surface area contributed by atoms with E-state index in [4.69, 9.17) is 23.2 Å². The second-order valence-corrected chi connectivity index (χ2v) is 11.1. The van der Waals surface area contributed by atoms with Gasteiger partial charge in [0.05, 0.1) is 24.2 Å². The summed E-state index contributed by atoms with van der Waals surface area (Å²) < 4.78 is 26.1. The normalized spacial score (nSPS) is 11.1. The summed E-state index contributed by atoms with van der Waals surface area (Å²) in [5.74, 6) is -0.693. The third kappa shape index (κ3) is 6.57. The van der Waals surface area contributed by atoms with Gasteiger partial charge in [-0.1, -0.05) is 71.7 Å². The van der Waals surface area contributed by atoms with E-state index in [0.717, 1.165) is 6.26 Å². The van der Waals surface area contributed by atoms with Crippen LogP contribution in [0.3, 0.4) is 0 Å². The van der Waals surface area contributed by atoms with E-state index < -0.39 is 15.9 Å². The first-order valence-electron chi connectivity index (χ1n) is 11.1. The third-order valence-electron chi connectivity index (χ3n) is 5.55. The summed E-state index contributed by atoms with van der Waals surface area (Å²) in [5.41, 5.74) is 2.53. The molecule has 0 aromatic heterocycles. The lowest BCUT2D eigenvalue weighted by atomic mass is 10.0. The number of rotatable bonds is 8. The predicted molar refractivity (Wildman–Crippen MR) is 148 cm³/mol. The zero-order chi connectivity index (χ0) is 26.6. The van der Waals surface area contributed by atoms with E-state index >= 15 is 0 Å². The highest BCUT2D eigenvalue weighted by Gasteiger charge is 2.19. The quantitative estimate of drug-likeness (QED) is 0.255. The van der Waals surface area contributed by atoms with Crippen molar-refractivity contribution in [2.24, 2.45) is 0 Å². The van der Waals surface area contributed by atoms with E-state index in [-0.39, 0.29) is 17.9 Å². The van der Waals surface area contributed by atoms with Crippen LogP contribution in [0.4, 0.5) is 11.4 Å². The molecule has 1 amide bonds. The van der Waals surface area contributed by atoms with Crippen LogP contribution in [-0.2, 0) is 16.6 Å². The minimum atomic E-state index is -3.59. The lowest BCUT2D eigenvalue weighted by Gasteiger charge is -2.22.